The van der Waals surface area contributed by atoms with Crippen molar-refractivity contribution in [3.63, 3.8) is 0 Å². The lowest BCUT2D eigenvalue weighted by atomic mass is 9.39. The fourth-order valence-electron chi connectivity index (χ4n) is 17.6. The number of ether oxygens (including phenoxy) is 2. The molecule has 7 aliphatic rings. The molecule has 7 heterocycles. The number of urea groups is 1. The Bertz CT molecular complexity index is 3980. The number of primary amides is 1. The number of para-hydroxylation sites is 1. The number of hydrogen-bond donors (Lipinski definition) is 7. The van der Waals surface area contributed by atoms with Crippen LogP contribution in [0, 0.1) is 36.0 Å². The summed E-state index contributed by atoms with van der Waals surface area (Å²) in [5, 5.41) is 40.5. The zero-order valence-electron chi connectivity index (χ0n) is 57.0. The van der Waals surface area contributed by atoms with Crippen molar-refractivity contribution in [2.75, 3.05) is 74.6 Å². The Labute approximate surface area is 575 Å². The zero-order chi connectivity index (χ0) is 69.2. The number of nitrogens with one attached hydrogen (secondary N) is 5. The molecule has 3 aliphatic heterocycles. The number of amides is 7. The number of fused-ring (bicyclic) bond motifs is 2. The second-order valence-electron chi connectivity index (χ2n) is 29.5. The molecule has 8 N–H and O–H groups in total. The lowest BCUT2D eigenvalue weighted by Gasteiger charge is -2.69. The predicted octanol–water partition coefficient (Wildman–Crippen LogP) is 9.17. The number of imide groups is 1. The molecule has 1 saturated heterocycles. The number of hydrogen-bond acceptors (Lipinski definition) is 17. The first-order valence-electron chi connectivity index (χ1n) is 34.6. The number of quaternary nitrogens is 1. The minimum absolute atomic E-state index is 0.00688. The van der Waals surface area contributed by atoms with Crippen LogP contribution in [0.4, 0.5) is 33.1 Å². The molecule has 6 aromatic rings. The van der Waals surface area contributed by atoms with E-state index < -0.39 is 53.6 Å². The SMILES string of the molecule is Cc1c(Nc2nc3ccccc3s2)nnc2c1CCCN2c1ccc(-c2cnn(CC34CC5(C)CC(C)(C3)CC(OCC[N+]3(Cc6ccc(NC(=O)[C@H](CCCNC(N)=O)NC(=O)[C@@H](NC(=O)CCOCCN7C(=O)C=CC7=O)C(C)C)cc6)CCCCC3)(C5)C4)c2C)c(C(=O)O)n1. The van der Waals surface area contributed by atoms with Gasteiger partial charge in [0.2, 0.25) is 17.7 Å². The molecule has 4 bridgehead atoms. The van der Waals surface area contributed by atoms with E-state index in [1.54, 1.807) is 25.2 Å². The number of carboxylic acids is 1. The van der Waals surface area contributed by atoms with Crippen LogP contribution in [0.1, 0.15) is 144 Å². The minimum atomic E-state index is -1.12. The number of aromatic carboxylic acids is 1. The van der Waals surface area contributed by atoms with Crippen molar-refractivity contribution in [1.29, 1.82) is 0 Å². The van der Waals surface area contributed by atoms with E-state index in [1.807, 2.05) is 73.5 Å². The number of carbonyl (C=O) groups is 7. The van der Waals surface area contributed by atoms with Crippen LogP contribution in [-0.2, 0) is 53.0 Å². The maximum atomic E-state index is 14.1. The average molecular weight is 1360 g/mol. The summed E-state index contributed by atoms with van der Waals surface area (Å²) in [7, 11) is 0. The number of benzene rings is 2. The summed E-state index contributed by atoms with van der Waals surface area (Å²) in [4.78, 5) is 102. The Morgan fingerprint density at radius 1 is 0.816 bits per heavy atom. The molecule has 25 nitrogen and oxygen atoms in total. The van der Waals surface area contributed by atoms with Gasteiger partial charge in [0, 0.05) is 77.4 Å². The van der Waals surface area contributed by atoms with E-state index in [2.05, 4.69) is 62.3 Å². The number of carboxylic acid groups (broad SMARTS) is 1. The van der Waals surface area contributed by atoms with Gasteiger partial charge in [0.15, 0.2) is 22.5 Å². The van der Waals surface area contributed by atoms with Gasteiger partial charge in [0.05, 0.1) is 61.5 Å². The Morgan fingerprint density at radius 2 is 1.56 bits per heavy atom. The van der Waals surface area contributed by atoms with Crippen molar-refractivity contribution in [3.05, 3.63) is 107 Å². The Hall–Kier alpha value is -8.72. The predicted molar refractivity (Wildman–Crippen MR) is 371 cm³/mol. The number of aromatic nitrogens is 6. The van der Waals surface area contributed by atoms with Gasteiger partial charge in [-0.15, -0.1) is 10.2 Å². The first kappa shape index (κ1) is 69.2. The van der Waals surface area contributed by atoms with Crippen LogP contribution in [-0.4, -0.2) is 163 Å². The van der Waals surface area contributed by atoms with Crippen LogP contribution in [0.5, 0.6) is 0 Å². The summed E-state index contributed by atoms with van der Waals surface area (Å²) in [6.45, 7) is 18.5. The largest absolute Gasteiger partial charge is 0.476 e. The van der Waals surface area contributed by atoms with Crippen molar-refractivity contribution >= 4 is 91.4 Å². The van der Waals surface area contributed by atoms with E-state index in [1.165, 1.54) is 18.6 Å². The van der Waals surface area contributed by atoms with E-state index in [0.29, 0.717) is 54.8 Å². The van der Waals surface area contributed by atoms with E-state index in [9.17, 15) is 38.7 Å². The van der Waals surface area contributed by atoms with Gasteiger partial charge in [0.25, 0.3) is 11.8 Å². The van der Waals surface area contributed by atoms with Gasteiger partial charge in [-0.2, -0.15) is 5.10 Å². The van der Waals surface area contributed by atoms with Crippen molar-refractivity contribution in [1.82, 2.24) is 50.8 Å². The molecule has 0 radical (unpaired) electrons. The van der Waals surface area contributed by atoms with E-state index in [-0.39, 0.29) is 72.6 Å². The maximum absolute atomic E-state index is 14.1. The van der Waals surface area contributed by atoms with Crippen molar-refractivity contribution in [2.45, 2.75) is 162 Å². The van der Waals surface area contributed by atoms with E-state index in [4.69, 9.17) is 35.4 Å². The van der Waals surface area contributed by atoms with Gasteiger partial charge in [0.1, 0.15) is 31.0 Å². The van der Waals surface area contributed by atoms with Crippen LogP contribution in [0.2, 0.25) is 0 Å². The summed E-state index contributed by atoms with van der Waals surface area (Å²) >= 11 is 1.56. The molecular weight excluding hydrogens is 1270 g/mol. The first-order chi connectivity index (χ1) is 46.9. The lowest BCUT2D eigenvalue weighted by molar-refractivity contribution is -0.945. The number of pyridine rings is 1. The molecule has 0 spiro atoms. The van der Waals surface area contributed by atoms with Gasteiger partial charge >= 0.3 is 12.0 Å². The smallest absolute Gasteiger partial charge is 0.355 e. The molecule has 26 heteroatoms. The topological polar surface area (TPSA) is 320 Å². The van der Waals surface area contributed by atoms with Gasteiger partial charge in [-0.3, -0.25) is 33.6 Å². The van der Waals surface area contributed by atoms with Crippen LogP contribution in [0.15, 0.2) is 79.0 Å². The number of rotatable bonds is 29. The van der Waals surface area contributed by atoms with Crippen molar-refractivity contribution in [3.8, 4) is 11.1 Å². The van der Waals surface area contributed by atoms with Gasteiger partial charge < -0.3 is 56.3 Å². The summed E-state index contributed by atoms with van der Waals surface area (Å²) in [6, 6.07) is 16.9. The highest BCUT2D eigenvalue weighted by Crippen LogP contribution is 2.72. The van der Waals surface area contributed by atoms with Gasteiger partial charge in [-0.1, -0.05) is 63.3 Å². The molecule has 4 aromatic heterocycles. The molecule has 5 fully saturated rings. The number of carbonyl (C=O) groups excluding carboxylic acids is 6. The number of nitrogens with zero attached hydrogens (tertiary/aromatic N) is 9. The normalized spacial score (nSPS) is 22.8. The van der Waals surface area contributed by atoms with Crippen molar-refractivity contribution < 1.29 is 52.6 Å². The van der Waals surface area contributed by atoms with Crippen molar-refractivity contribution in [2.24, 2.45) is 27.9 Å². The molecule has 2 unspecified atom stereocenters. The van der Waals surface area contributed by atoms with Crippen LogP contribution < -0.4 is 37.2 Å². The summed E-state index contributed by atoms with van der Waals surface area (Å²) < 4.78 is 17.0. The monoisotopic (exact) mass is 1360 g/mol. The second kappa shape index (κ2) is 28.6. The highest BCUT2D eigenvalue weighted by molar-refractivity contribution is 7.22. The molecule has 4 saturated carbocycles. The van der Waals surface area contributed by atoms with Gasteiger partial charge in [-0.25, -0.2) is 19.6 Å². The third kappa shape index (κ3) is 15.4. The second-order valence-corrected chi connectivity index (χ2v) is 30.5. The number of piperidine rings is 1. The molecular formula is C72H92N15O10S+. The molecule has 98 heavy (non-hydrogen) atoms. The lowest BCUT2D eigenvalue weighted by Crippen LogP contribution is -2.65. The quantitative estimate of drug-likeness (QED) is 0.0131. The Kier molecular flexibility index (Phi) is 20.2. The molecule has 520 valence electrons. The molecule has 13 rings (SSSR count). The molecule has 2 aromatic carbocycles. The first-order valence-corrected chi connectivity index (χ1v) is 35.4. The number of likely N-dealkylation sites (tertiary alicyclic amines) is 1. The number of anilines is 5. The Balaban J connectivity index is 0.677. The van der Waals surface area contributed by atoms with Gasteiger partial charge in [-0.05, 0) is 156 Å². The molecule has 7 amide bonds. The summed E-state index contributed by atoms with van der Waals surface area (Å²) in [5.74, 6) is -1.96. The third-order valence-electron chi connectivity index (χ3n) is 21.0. The van der Waals surface area contributed by atoms with Crippen LogP contribution in [0.25, 0.3) is 21.3 Å². The van der Waals surface area contributed by atoms with E-state index in [0.717, 1.165) is 143 Å². The highest BCUT2D eigenvalue weighted by Gasteiger charge is 2.66. The Morgan fingerprint density at radius 3 is 2.28 bits per heavy atom. The number of thiazole rings is 1. The van der Waals surface area contributed by atoms with Crippen LogP contribution in [0.3, 0.4) is 0 Å². The number of nitrogens with two attached hydrogens (primary N) is 1. The highest BCUT2D eigenvalue weighted by atomic mass is 32.1. The van der Waals surface area contributed by atoms with E-state index >= 15 is 0 Å². The third-order valence-corrected chi connectivity index (χ3v) is 21.9. The fourth-order valence-corrected chi connectivity index (χ4v) is 18.4. The minimum Gasteiger partial charge on any atom is -0.476 e. The standard InChI is InChI=1S/C72H91N15O10S/c1-45(2)60(80-57(88)26-33-96-34-29-85-58(89)24-25-59(85)90)65(92)77-54(16-12-27-74-67(73)95)64(91)76-49-20-18-48(19-21-49)37-87(30-10-7-11-31-87)32-35-97-72-41-69(5)38-70(6,42-72)40-71(39-69,43-72)44-86-47(4)52(36-75-86)51-22-23-56(79-61(51)66(93)94)84-28-13-14-50-46(3)62(82-83-63(50)84)81-68-78-53-15-8-9-17-55(53)98-68/h8-9,15,17-25,36,45,54,60H,7,10-14,16,26-35,37-44H2,1-6H3,(H7-,73,74,76,77,78,80,81,82,88,91,92,93,94,95)/p+1/t54-,60-,69?,70?,71?,72?/m0/s1. The average Bonchev–Trinajstić information content (AvgIpc) is 0.737. The summed E-state index contributed by atoms with van der Waals surface area (Å²) in [6.07, 6.45) is 15.9. The zero-order valence-corrected chi connectivity index (χ0v) is 57.9. The molecule has 4 atom stereocenters. The maximum Gasteiger partial charge on any atom is 0.355 e. The molecule has 4 aliphatic carbocycles. The van der Waals surface area contributed by atoms with Crippen LogP contribution >= 0.6 is 11.3 Å². The fraction of sp³-hybridized carbons (Fsp3) is 0.528. The summed E-state index contributed by atoms with van der Waals surface area (Å²) in [5.41, 5.74) is 11.8.